The number of aromatic nitrogens is 3. The van der Waals surface area contributed by atoms with Crippen LogP contribution in [0.2, 0.25) is 0 Å². The Morgan fingerprint density at radius 1 is 1.29 bits per heavy atom. The molecule has 0 bridgehead atoms. The molecule has 0 unspecified atom stereocenters. The standard InChI is InChI=1S/C18H23N5O/c1-22(2)17-12-14-13-23(11-9-16(14)20-21-17)18(24)8-5-7-15-6-3-4-10-19-15/h3-4,6,10,12H,5,7-9,11,13H2,1-2H3. The summed E-state index contributed by atoms with van der Waals surface area (Å²) in [6.07, 6.45) is 4.80. The summed E-state index contributed by atoms with van der Waals surface area (Å²) in [5.74, 6) is 1.04. The molecule has 2 aromatic heterocycles. The van der Waals surface area contributed by atoms with E-state index in [0.717, 1.165) is 48.6 Å². The van der Waals surface area contributed by atoms with Crippen LogP contribution in [-0.4, -0.2) is 46.6 Å². The van der Waals surface area contributed by atoms with Gasteiger partial charge < -0.3 is 9.80 Å². The van der Waals surface area contributed by atoms with Gasteiger partial charge in [0.1, 0.15) is 0 Å². The fraction of sp³-hybridized carbons (Fsp3) is 0.444. The summed E-state index contributed by atoms with van der Waals surface area (Å²) in [5.41, 5.74) is 3.16. The van der Waals surface area contributed by atoms with Crippen molar-refractivity contribution in [2.75, 3.05) is 25.5 Å². The Bertz CT molecular complexity index is 702. The monoisotopic (exact) mass is 325 g/mol. The van der Waals surface area contributed by atoms with Gasteiger partial charge in [0.05, 0.1) is 5.69 Å². The van der Waals surface area contributed by atoms with Crippen LogP contribution >= 0.6 is 0 Å². The van der Waals surface area contributed by atoms with Gasteiger partial charge in [-0.05, 0) is 36.6 Å². The lowest BCUT2D eigenvalue weighted by Gasteiger charge is -2.28. The molecule has 0 atom stereocenters. The van der Waals surface area contributed by atoms with Crippen LogP contribution in [-0.2, 0) is 24.2 Å². The zero-order chi connectivity index (χ0) is 16.9. The van der Waals surface area contributed by atoms with E-state index in [9.17, 15) is 4.79 Å². The third-order valence-corrected chi connectivity index (χ3v) is 4.29. The van der Waals surface area contributed by atoms with E-state index in [4.69, 9.17) is 0 Å². The third kappa shape index (κ3) is 3.88. The van der Waals surface area contributed by atoms with E-state index < -0.39 is 0 Å². The minimum Gasteiger partial charge on any atom is -0.361 e. The van der Waals surface area contributed by atoms with Crippen LogP contribution < -0.4 is 4.90 Å². The Kier molecular flexibility index (Phi) is 5.03. The number of anilines is 1. The molecule has 2 aromatic rings. The van der Waals surface area contributed by atoms with Crippen molar-refractivity contribution in [2.24, 2.45) is 0 Å². The van der Waals surface area contributed by atoms with Crippen molar-refractivity contribution in [1.29, 1.82) is 0 Å². The lowest BCUT2D eigenvalue weighted by atomic mass is 10.1. The molecule has 126 valence electrons. The number of carbonyl (C=O) groups is 1. The molecule has 1 aliphatic rings. The van der Waals surface area contributed by atoms with Crippen LogP contribution in [0.4, 0.5) is 5.82 Å². The highest BCUT2D eigenvalue weighted by Crippen LogP contribution is 2.20. The van der Waals surface area contributed by atoms with E-state index >= 15 is 0 Å². The van der Waals surface area contributed by atoms with E-state index in [2.05, 4.69) is 15.2 Å². The van der Waals surface area contributed by atoms with Crippen molar-refractivity contribution in [2.45, 2.75) is 32.2 Å². The fourth-order valence-electron chi connectivity index (χ4n) is 2.87. The Hall–Kier alpha value is -2.50. The molecule has 6 nitrogen and oxygen atoms in total. The van der Waals surface area contributed by atoms with E-state index in [1.165, 1.54) is 0 Å². The van der Waals surface area contributed by atoms with E-state index in [1.807, 2.05) is 48.2 Å². The zero-order valence-electron chi connectivity index (χ0n) is 14.3. The third-order valence-electron chi connectivity index (χ3n) is 4.29. The van der Waals surface area contributed by atoms with Gasteiger partial charge in [0.2, 0.25) is 5.91 Å². The second-order valence-corrected chi connectivity index (χ2v) is 6.31. The van der Waals surface area contributed by atoms with Gasteiger partial charge >= 0.3 is 0 Å². The number of aryl methyl sites for hydroxylation is 1. The van der Waals surface area contributed by atoms with Crippen LogP contribution in [0.15, 0.2) is 30.5 Å². The molecule has 6 heteroatoms. The first kappa shape index (κ1) is 16.4. The Morgan fingerprint density at radius 2 is 2.17 bits per heavy atom. The second kappa shape index (κ2) is 7.38. The summed E-state index contributed by atoms with van der Waals surface area (Å²) in [7, 11) is 3.89. The second-order valence-electron chi connectivity index (χ2n) is 6.31. The molecule has 0 N–H and O–H groups in total. The number of fused-ring (bicyclic) bond motifs is 1. The van der Waals surface area contributed by atoms with E-state index in [1.54, 1.807) is 6.20 Å². The first-order valence-electron chi connectivity index (χ1n) is 8.34. The number of nitrogens with zero attached hydrogens (tertiary/aromatic N) is 5. The molecule has 3 heterocycles. The highest BCUT2D eigenvalue weighted by atomic mass is 16.2. The molecule has 1 aliphatic heterocycles. The maximum absolute atomic E-state index is 12.5. The van der Waals surface area contributed by atoms with Crippen molar-refractivity contribution in [3.05, 3.63) is 47.4 Å². The van der Waals surface area contributed by atoms with Crippen LogP contribution in [0.5, 0.6) is 0 Å². The fourth-order valence-corrected chi connectivity index (χ4v) is 2.87. The van der Waals surface area contributed by atoms with Crippen molar-refractivity contribution < 1.29 is 4.79 Å². The number of carbonyl (C=O) groups excluding carboxylic acids is 1. The number of pyridine rings is 1. The topological polar surface area (TPSA) is 62.2 Å². The molecule has 0 spiro atoms. The summed E-state index contributed by atoms with van der Waals surface area (Å²) in [6.45, 7) is 1.36. The zero-order valence-corrected chi connectivity index (χ0v) is 14.3. The smallest absolute Gasteiger partial charge is 0.222 e. The number of hydrogen-bond acceptors (Lipinski definition) is 5. The normalized spacial score (nSPS) is 13.5. The maximum atomic E-state index is 12.5. The predicted octanol–water partition coefficient (Wildman–Crippen LogP) is 1.85. The molecule has 0 aliphatic carbocycles. The van der Waals surface area contributed by atoms with Crippen molar-refractivity contribution in [1.82, 2.24) is 20.1 Å². The molecule has 3 rings (SSSR count). The highest BCUT2D eigenvalue weighted by Gasteiger charge is 2.22. The molecule has 24 heavy (non-hydrogen) atoms. The summed E-state index contributed by atoms with van der Waals surface area (Å²) in [4.78, 5) is 20.6. The van der Waals surface area contributed by atoms with Crippen LogP contribution in [0, 0.1) is 0 Å². The first-order chi connectivity index (χ1) is 11.6. The number of hydrogen-bond donors (Lipinski definition) is 0. The molecule has 0 aromatic carbocycles. The van der Waals surface area contributed by atoms with Gasteiger partial charge in [0.15, 0.2) is 5.82 Å². The first-order valence-corrected chi connectivity index (χ1v) is 8.34. The lowest BCUT2D eigenvalue weighted by Crippen LogP contribution is -2.36. The predicted molar refractivity (Wildman–Crippen MR) is 92.7 cm³/mol. The molecule has 0 saturated heterocycles. The van der Waals surface area contributed by atoms with Crippen molar-refractivity contribution in [3.63, 3.8) is 0 Å². The number of rotatable bonds is 5. The average molecular weight is 325 g/mol. The van der Waals surface area contributed by atoms with E-state index in [-0.39, 0.29) is 5.91 Å². The number of amides is 1. The van der Waals surface area contributed by atoms with Crippen LogP contribution in [0.1, 0.15) is 29.8 Å². The van der Waals surface area contributed by atoms with Gasteiger partial charge in [-0.25, -0.2) is 0 Å². The minimum absolute atomic E-state index is 0.208. The van der Waals surface area contributed by atoms with Gasteiger partial charge in [-0.3, -0.25) is 9.78 Å². The quantitative estimate of drug-likeness (QED) is 0.839. The summed E-state index contributed by atoms with van der Waals surface area (Å²) >= 11 is 0. The average Bonchev–Trinajstić information content (AvgIpc) is 2.61. The van der Waals surface area contributed by atoms with Gasteiger partial charge in [-0.15, -0.1) is 5.10 Å². The molecule has 1 amide bonds. The van der Waals surface area contributed by atoms with Gasteiger partial charge in [-0.2, -0.15) is 5.10 Å². The lowest BCUT2D eigenvalue weighted by molar-refractivity contribution is -0.132. The molecular formula is C18H23N5O. The maximum Gasteiger partial charge on any atom is 0.222 e. The SMILES string of the molecule is CN(C)c1cc2c(nn1)CCN(C(=O)CCCc1ccccn1)C2. The molecule has 0 saturated carbocycles. The van der Waals surface area contributed by atoms with Crippen molar-refractivity contribution >= 4 is 11.7 Å². The molecule has 0 radical (unpaired) electrons. The van der Waals surface area contributed by atoms with Crippen LogP contribution in [0.3, 0.4) is 0 Å². The van der Waals surface area contributed by atoms with Crippen molar-refractivity contribution in [3.8, 4) is 0 Å². The molecular weight excluding hydrogens is 302 g/mol. The Morgan fingerprint density at radius 3 is 2.92 bits per heavy atom. The van der Waals surface area contributed by atoms with Gasteiger partial charge in [-0.1, -0.05) is 6.07 Å². The summed E-state index contributed by atoms with van der Waals surface area (Å²) < 4.78 is 0. The summed E-state index contributed by atoms with van der Waals surface area (Å²) in [6, 6.07) is 7.93. The van der Waals surface area contributed by atoms with Gasteiger partial charge in [0.25, 0.3) is 0 Å². The molecule has 0 fully saturated rings. The van der Waals surface area contributed by atoms with Crippen LogP contribution in [0.25, 0.3) is 0 Å². The highest BCUT2D eigenvalue weighted by molar-refractivity contribution is 5.76. The van der Waals surface area contributed by atoms with E-state index in [0.29, 0.717) is 13.0 Å². The Labute approximate surface area is 142 Å². The largest absolute Gasteiger partial charge is 0.361 e. The van der Waals surface area contributed by atoms with Gasteiger partial charge in [0, 0.05) is 51.9 Å². The summed E-state index contributed by atoms with van der Waals surface area (Å²) in [5, 5.41) is 8.51. The Balaban J connectivity index is 1.56. The minimum atomic E-state index is 0.208.